The third-order valence-corrected chi connectivity index (χ3v) is 6.86. The van der Waals surface area contributed by atoms with Crippen molar-refractivity contribution in [3.05, 3.63) is 105 Å². The highest BCUT2D eigenvalue weighted by atomic mass is 35.5. The fraction of sp³-hybridized carbons (Fsp3) is 0.160. The minimum Gasteiger partial charge on any atom is -0.345 e. The molecular weight excluding hydrogens is 589 g/mol. The van der Waals surface area contributed by atoms with Crippen LogP contribution in [0.1, 0.15) is 32.9 Å². The molecule has 14 heteroatoms. The van der Waals surface area contributed by atoms with E-state index in [1.54, 1.807) is 12.1 Å². The van der Waals surface area contributed by atoms with Crippen LogP contribution >= 0.6 is 35.0 Å². The maximum atomic E-state index is 13.2. The van der Waals surface area contributed by atoms with Gasteiger partial charge in [-0.05, 0) is 42.0 Å². The van der Waals surface area contributed by atoms with Gasteiger partial charge in [0.15, 0.2) is 11.0 Å². The summed E-state index contributed by atoms with van der Waals surface area (Å²) in [6, 6.07) is 14.7. The molecule has 4 rings (SSSR count). The highest BCUT2D eigenvalue weighted by molar-refractivity contribution is 7.98. The first-order valence-corrected chi connectivity index (χ1v) is 12.7. The van der Waals surface area contributed by atoms with E-state index in [-0.39, 0.29) is 23.5 Å². The number of hydrogen-bond donors (Lipinski definition) is 1. The first-order chi connectivity index (χ1) is 18.3. The van der Waals surface area contributed by atoms with E-state index in [1.807, 2.05) is 30.3 Å². The molecule has 204 valence electrons. The summed E-state index contributed by atoms with van der Waals surface area (Å²) >= 11 is 13.7. The van der Waals surface area contributed by atoms with Gasteiger partial charge < -0.3 is 5.32 Å². The summed E-state index contributed by atoms with van der Waals surface area (Å²) < 4.78 is 80.8. The Bertz CT molecular complexity index is 1460. The van der Waals surface area contributed by atoms with Crippen molar-refractivity contribution in [3.63, 3.8) is 0 Å². The Morgan fingerprint density at radius 1 is 0.872 bits per heavy atom. The van der Waals surface area contributed by atoms with Gasteiger partial charge in [-0.2, -0.15) is 26.3 Å². The van der Waals surface area contributed by atoms with E-state index in [0.717, 1.165) is 5.56 Å². The topological polar surface area (TPSA) is 59.8 Å². The number of nitrogens with one attached hydrogen (secondary N) is 1. The van der Waals surface area contributed by atoms with E-state index >= 15 is 0 Å². The molecule has 5 nitrogen and oxygen atoms in total. The van der Waals surface area contributed by atoms with E-state index in [4.69, 9.17) is 23.2 Å². The zero-order valence-corrected chi connectivity index (χ0v) is 21.8. The predicted octanol–water partition coefficient (Wildman–Crippen LogP) is 7.83. The molecule has 0 saturated heterocycles. The van der Waals surface area contributed by atoms with Crippen LogP contribution < -0.4 is 5.32 Å². The molecule has 0 saturated carbocycles. The van der Waals surface area contributed by atoms with Crippen LogP contribution in [0.25, 0.3) is 5.69 Å². The summed E-state index contributed by atoms with van der Waals surface area (Å²) in [5.41, 5.74) is -2.62. The lowest BCUT2D eigenvalue weighted by Gasteiger charge is -2.15. The summed E-state index contributed by atoms with van der Waals surface area (Å²) in [5, 5.41) is 11.5. The van der Waals surface area contributed by atoms with E-state index in [1.165, 1.54) is 22.4 Å². The van der Waals surface area contributed by atoms with Gasteiger partial charge in [0, 0.05) is 16.3 Å². The normalized spacial score (nSPS) is 12.0. The van der Waals surface area contributed by atoms with Gasteiger partial charge in [-0.1, -0.05) is 65.3 Å². The van der Waals surface area contributed by atoms with Crippen LogP contribution in [-0.2, 0) is 24.7 Å². The first-order valence-electron chi connectivity index (χ1n) is 11.0. The average Bonchev–Trinajstić information content (AvgIpc) is 3.27. The van der Waals surface area contributed by atoms with Gasteiger partial charge in [-0.15, -0.1) is 10.2 Å². The monoisotopic (exact) mass is 604 g/mol. The quantitative estimate of drug-likeness (QED) is 0.172. The summed E-state index contributed by atoms with van der Waals surface area (Å²) in [4.78, 5) is 12.7. The molecule has 1 N–H and O–H groups in total. The molecule has 0 aliphatic heterocycles. The number of carbonyl (C=O) groups is 1. The molecule has 1 heterocycles. The molecule has 0 radical (unpaired) electrons. The second kappa shape index (κ2) is 11.5. The largest absolute Gasteiger partial charge is 0.416 e. The second-order valence-corrected chi connectivity index (χ2v) is 9.87. The highest BCUT2D eigenvalue weighted by Crippen LogP contribution is 2.36. The molecule has 0 spiro atoms. The number of carbonyl (C=O) groups excluding carboxylic acids is 1. The van der Waals surface area contributed by atoms with Crippen molar-refractivity contribution in [1.29, 1.82) is 0 Å². The van der Waals surface area contributed by atoms with Gasteiger partial charge in [0.25, 0.3) is 5.91 Å². The van der Waals surface area contributed by atoms with Crippen molar-refractivity contribution in [3.8, 4) is 5.69 Å². The maximum absolute atomic E-state index is 13.2. The Labute approximate surface area is 232 Å². The molecule has 39 heavy (non-hydrogen) atoms. The van der Waals surface area contributed by atoms with Crippen molar-refractivity contribution in [2.24, 2.45) is 0 Å². The zero-order chi connectivity index (χ0) is 28.4. The van der Waals surface area contributed by atoms with Crippen LogP contribution in [0.5, 0.6) is 0 Å². The molecule has 0 fully saturated rings. The Kier molecular flexibility index (Phi) is 8.48. The molecule has 0 unspecified atom stereocenters. The third-order valence-electron chi connectivity index (χ3n) is 5.32. The maximum Gasteiger partial charge on any atom is 0.416 e. The van der Waals surface area contributed by atoms with Crippen molar-refractivity contribution in [1.82, 2.24) is 20.1 Å². The van der Waals surface area contributed by atoms with Gasteiger partial charge in [-0.3, -0.25) is 9.36 Å². The van der Waals surface area contributed by atoms with Gasteiger partial charge >= 0.3 is 12.4 Å². The lowest BCUT2D eigenvalue weighted by molar-refractivity contribution is -0.143. The number of benzene rings is 3. The van der Waals surface area contributed by atoms with E-state index in [0.29, 0.717) is 33.8 Å². The van der Waals surface area contributed by atoms with Crippen LogP contribution in [0.2, 0.25) is 10.0 Å². The minimum atomic E-state index is -5.09. The molecule has 4 aromatic rings. The van der Waals surface area contributed by atoms with E-state index in [9.17, 15) is 31.1 Å². The zero-order valence-electron chi connectivity index (χ0n) is 19.4. The van der Waals surface area contributed by atoms with E-state index < -0.39 is 35.0 Å². The summed E-state index contributed by atoms with van der Waals surface area (Å²) in [6.07, 6.45) is -10.2. The number of amides is 1. The molecule has 0 bridgehead atoms. The van der Waals surface area contributed by atoms with Crippen LogP contribution in [0.3, 0.4) is 0 Å². The number of halogens is 8. The summed E-state index contributed by atoms with van der Waals surface area (Å²) in [7, 11) is 0. The van der Waals surface area contributed by atoms with Gasteiger partial charge in [0.05, 0.1) is 28.4 Å². The molecule has 1 amide bonds. The first kappa shape index (κ1) is 28.8. The van der Waals surface area contributed by atoms with Gasteiger partial charge in [0.1, 0.15) is 0 Å². The number of aromatic nitrogens is 3. The summed E-state index contributed by atoms with van der Waals surface area (Å²) in [6.45, 7) is -0.381. The molecule has 0 aliphatic rings. The van der Waals surface area contributed by atoms with Crippen molar-refractivity contribution >= 4 is 40.9 Å². The second-order valence-electron chi connectivity index (χ2n) is 8.08. The molecule has 3 aromatic carbocycles. The standard InChI is InChI=1S/C25H16Cl2F6N4OS/c26-18-6-7-20(19(27)11-18)37-21(35-36-23(37)39-13-14-4-2-1-3-5-14)12-34-22(38)15-8-16(24(28,29)30)10-17(9-15)25(31,32)33/h1-11H,12-13H2,(H,34,38). The fourth-order valence-electron chi connectivity index (χ4n) is 3.48. The Morgan fingerprint density at radius 3 is 2.10 bits per heavy atom. The Balaban J connectivity index is 1.64. The van der Waals surface area contributed by atoms with Crippen LogP contribution in [0, 0.1) is 0 Å². The van der Waals surface area contributed by atoms with Crippen LogP contribution in [0.15, 0.2) is 71.9 Å². The smallest absolute Gasteiger partial charge is 0.345 e. The number of thioether (sulfide) groups is 1. The Morgan fingerprint density at radius 2 is 1.51 bits per heavy atom. The van der Waals surface area contributed by atoms with Crippen molar-refractivity contribution in [2.75, 3.05) is 0 Å². The number of rotatable bonds is 7. The minimum absolute atomic E-state index is 0.0494. The Hall–Kier alpha value is -3.22. The highest BCUT2D eigenvalue weighted by Gasteiger charge is 2.37. The molecular formula is C25H16Cl2F6N4OS. The van der Waals surface area contributed by atoms with Gasteiger partial charge in [0.2, 0.25) is 0 Å². The summed E-state index contributed by atoms with van der Waals surface area (Å²) in [5.74, 6) is -0.533. The van der Waals surface area contributed by atoms with Crippen LogP contribution in [-0.4, -0.2) is 20.7 Å². The van der Waals surface area contributed by atoms with Crippen LogP contribution in [0.4, 0.5) is 26.3 Å². The molecule has 1 aromatic heterocycles. The number of nitrogens with zero attached hydrogens (tertiary/aromatic N) is 3. The van der Waals surface area contributed by atoms with Gasteiger partial charge in [-0.25, -0.2) is 0 Å². The third kappa shape index (κ3) is 7.06. The average molecular weight is 605 g/mol. The van der Waals surface area contributed by atoms with Crippen molar-refractivity contribution < 1.29 is 31.1 Å². The molecule has 0 atom stereocenters. The number of alkyl halides is 6. The SMILES string of the molecule is O=C(NCc1nnc(SCc2ccccc2)n1-c1ccc(Cl)cc1Cl)c1cc(C(F)(F)F)cc(C(F)(F)F)c1. The van der Waals surface area contributed by atoms with E-state index in [2.05, 4.69) is 15.5 Å². The number of hydrogen-bond acceptors (Lipinski definition) is 4. The van der Waals surface area contributed by atoms with Crippen molar-refractivity contribution in [2.45, 2.75) is 29.8 Å². The predicted molar refractivity (Wildman–Crippen MR) is 135 cm³/mol. The lowest BCUT2D eigenvalue weighted by atomic mass is 10.0. The molecule has 0 aliphatic carbocycles. The lowest BCUT2D eigenvalue weighted by Crippen LogP contribution is -2.26. The fourth-order valence-corrected chi connectivity index (χ4v) is 4.89.